The molecule has 0 amide bonds. The molecule has 5 heteroatoms. The molecule has 0 bridgehead atoms. The Morgan fingerprint density at radius 3 is 2.67 bits per heavy atom. The van der Waals surface area contributed by atoms with E-state index in [2.05, 4.69) is 15.9 Å². The molecule has 1 fully saturated rings. The van der Waals surface area contributed by atoms with E-state index < -0.39 is 0 Å². The van der Waals surface area contributed by atoms with E-state index in [-0.39, 0.29) is 0 Å². The summed E-state index contributed by atoms with van der Waals surface area (Å²) in [4.78, 5) is 4.81. The molecule has 0 spiro atoms. The summed E-state index contributed by atoms with van der Waals surface area (Å²) in [5.74, 6) is 0.896. The van der Waals surface area contributed by atoms with Crippen LogP contribution in [0.4, 0.5) is 5.69 Å². The number of nitrogens with zero attached hydrogens (tertiary/aromatic N) is 2. The monoisotopic (exact) mass is 305 g/mol. The first-order valence-electron chi connectivity index (χ1n) is 7.24. The van der Waals surface area contributed by atoms with Gasteiger partial charge in [-0.1, -0.05) is 17.7 Å². The third-order valence-electron chi connectivity index (χ3n) is 3.96. The van der Waals surface area contributed by atoms with Crippen LogP contribution >= 0.6 is 11.6 Å². The van der Waals surface area contributed by atoms with Crippen LogP contribution in [-0.2, 0) is 13.1 Å². The third-order valence-corrected chi connectivity index (χ3v) is 4.20. The number of anilines is 1. The van der Waals surface area contributed by atoms with Crippen molar-refractivity contribution in [1.29, 1.82) is 0 Å². The predicted octanol–water partition coefficient (Wildman–Crippen LogP) is 2.71. The molecule has 1 aromatic heterocycles. The highest BCUT2D eigenvalue weighted by Crippen LogP contribution is 2.21. The Morgan fingerprint density at radius 1 is 1.14 bits per heavy atom. The lowest BCUT2D eigenvalue weighted by Gasteiger charge is -2.36. The third kappa shape index (κ3) is 3.40. The SMILES string of the molecule is NCc1occc1CN1CCN(c2cccc(Cl)c2)CC1. The van der Waals surface area contributed by atoms with Crippen LogP contribution in [-0.4, -0.2) is 31.1 Å². The Labute approximate surface area is 130 Å². The van der Waals surface area contributed by atoms with E-state index in [1.165, 1.54) is 11.3 Å². The quantitative estimate of drug-likeness (QED) is 0.943. The van der Waals surface area contributed by atoms with Crippen LogP contribution in [0.5, 0.6) is 0 Å². The molecule has 0 radical (unpaired) electrons. The summed E-state index contributed by atoms with van der Waals surface area (Å²) >= 11 is 6.06. The number of furan rings is 1. The van der Waals surface area contributed by atoms with Crippen LogP contribution in [0, 0.1) is 0 Å². The van der Waals surface area contributed by atoms with Crippen LogP contribution in [0.2, 0.25) is 5.02 Å². The van der Waals surface area contributed by atoms with Gasteiger partial charge in [-0.15, -0.1) is 0 Å². The average Bonchev–Trinajstić information content (AvgIpc) is 2.95. The van der Waals surface area contributed by atoms with Crippen molar-refractivity contribution in [2.45, 2.75) is 13.1 Å². The van der Waals surface area contributed by atoms with Crippen molar-refractivity contribution < 1.29 is 4.42 Å². The van der Waals surface area contributed by atoms with Crippen molar-refractivity contribution in [2.24, 2.45) is 5.73 Å². The van der Waals surface area contributed by atoms with Gasteiger partial charge in [0.05, 0.1) is 12.8 Å². The van der Waals surface area contributed by atoms with Gasteiger partial charge in [-0.3, -0.25) is 4.90 Å². The minimum atomic E-state index is 0.463. The van der Waals surface area contributed by atoms with Gasteiger partial charge >= 0.3 is 0 Å². The van der Waals surface area contributed by atoms with E-state index in [0.29, 0.717) is 6.54 Å². The summed E-state index contributed by atoms with van der Waals surface area (Å²) in [6.45, 7) is 5.45. The van der Waals surface area contributed by atoms with Crippen molar-refractivity contribution in [3.63, 3.8) is 0 Å². The number of piperazine rings is 1. The molecule has 1 saturated heterocycles. The maximum Gasteiger partial charge on any atom is 0.121 e. The molecule has 2 aromatic rings. The number of benzene rings is 1. The van der Waals surface area contributed by atoms with E-state index in [9.17, 15) is 0 Å². The summed E-state index contributed by atoms with van der Waals surface area (Å²) in [7, 11) is 0. The Hall–Kier alpha value is -1.49. The molecule has 0 unspecified atom stereocenters. The van der Waals surface area contributed by atoms with Crippen LogP contribution in [0.3, 0.4) is 0 Å². The molecular weight excluding hydrogens is 286 g/mol. The zero-order valence-electron chi connectivity index (χ0n) is 12.0. The van der Waals surface area contributed by atoms with Gasteiger partial charge in [-0.2, -0.15) is 0 Å². The first-order valence-corrected chi connectivity index (χ1v) is 7.62. The van der Waals surface area contributed by atoms with Crippen molar-refractivity contribution in [3.05, 3.63) is 52.9 Å². The fourth-order valence-electron chi connectivity index (χ4n) is 2.76. The van der Waals surface area contributed by atoms with Gasteiger partial charge in [-0.25, -0.2) is 0 Å². The van der Waals surface area contributed by atoms with Gasteiger partial charge < -0.3 is 15.1 Å². The lowest BCUT2D eigenvalue weighted by molar-refractivity contribution is 0.248. The zero-order chi connectivity index (χ0) is 14.7. The number of rotatable bonds is 4. The number of hydrogen-bond donors (Lipinski definition) is 1. The number of hydrogen-bond acceptors (Lipinski definition) is 4. The standard InChI is InChI=1S/C16H20ClN3O/c17-14-2-1-3-15(10-14)20-7-5-19(6-8-20)12-13-4-9-21-16(13)11-18/h1-4,9-10H,5-8,11-12,18H2. The molecule has 112 valence electrons. The van der Waals surface area contributed by atoms with Crippen molar-refractivity contribution in [3.8, 4) is 0 Å². The van der Waals surface area contributed by atoms with Crippen molar-refractivity contribution in [1.82, 2.24) is 4.90 Å². The lowest BCUT2D eigenvalue weighted by atomic mass is 10.2. The van der Waals surface area contributed by atoms with Gasteiger partial charge in [0.2, 0.25) is 0 Å². The smallest absolute Gasteiger partial charge is 0.121 e. The van der Waals surface area contributed by atoms with Gasteiger partial charge in [0.25, 0.3) is 0 Å². The highest BCUT2D eigenvalue weighted by atomic mass is 35.5. The second kappa shape index (κ2) is 6.52. The first kappa shape index (κ1) is 14.4. The molecule has 21 heavy (non-hydrogen) atoms. The van der Waals surface area contributed by atoms with E-state index in [1.54, 1.807) is 6.26 Å². The van der Waals surface area contributed by atoms with E-state index in [1.807, 2.05) is 24.3 Å². The first-order chi connectivity index (χ1) is 10.3. The van der Waals surface area contributed by atoms with E-state index in [0.717, 1.165) is 43.5 Å². The van der Waals surface area contributed by atoms with Crippen LogP contribution in [0.1, 0.15) is 11.3 Å². The fourth-order valence-corrected chi connectivity index (χ4v) is 2.95. The highest BCUT2D eigenvalue weighted by Gasteiger charge is 2.18. The Morgan fingerprint density at radius 2 is 1.95 bits per heavy atom. The molecule has 3 rings (SSSR count). The van der Waals surface area contributed by atoms with Crippen molar-refractivity contribution >= 4 is 17.3 Å². The summed E-state index contributed by atoms with van der Waals surface area (Å²) < 4.78 is 5.38. The second-order valence-corrected chi connectivity index (χ2v) is 5.75. The van der Waals surface area contributed by atoms with E-state index in [4.69, 9.17) is 21.8 Å². The number of nitrogens with two attached hydrogens (primary N) is 1. The fraction of sp³-hybridized carbons (Fsp3) is 0.375. The van der Waals surface area contributed by atoms with Crippen molar-refractivity contribution in [2.75, 3.05) is 31.1 Å². The molecule has 0 aliphatic carbocycles. The van der Waals surface area contributed by atoms with Gasteiger partial charge in [-0.05, 0) is 24.3 Å². The zero-order valence-corrected chi connectivity index (χ0v) is 12.7. The molecule has 1 aliphatic rings. The van der Waals surface area contributed by atoms with Crippen LogP contribution in [0.25, 0.3) is 0 Å². The van der Waals surface area contributed by atoms with Gasteiger partial charge in [0, 0.05) is 49.0 Å². The minimum absolute atomic E-state index is 0.463. The molecule has 4 nitrogen and oxygen atoms in total. The van der Waals surface area contributed by atoms with Crippen LogP contribution in [0.15, 0.2) is 41.0 Å². The molecule has 0 saturated carbocycles. The second-order valence-electron chi connectivity index (χ2n) is 5.32. The Kier molecular flexibility index (Phi) is 4.48. The average molecular weight is 306 g/mol. The predicted molar refractivity (Wildman–Crippen MR) is 85.5 cm³/mol. The largest absolute Gasteiger partial charge is 0.468 e. The molecular formula is C16H20ClN3O. The Balaban J connectivity index is 1.58. The van der Waals surface area contributed by atoms with E-state index >= 15 is 0 Å². The number of halogens is 1. The Bertz CT molecular complexity index is 591. The maximum absolute atomic E-state index is 6.06. The van der Waals surface area contributed by atoms with Crippen LogP contribution < -0.4 is 10.6 Å². The lowest BCUT2D eigenvalue weighted by Crippen LogP contribution is -2.46. The highest BCUT2D eigenvalue weighted by molar-refractivity contribution is 6.30. The molecule has 1 aromatic carbocycles. The molecule has 0 atom stereocenters. The molecule has 2 N–H and O–H groups in total. The normalized spacial score (nSPS) is 16.4. The summed E-state index contributed by atoms with van der Waals surface area (Å²) in [6.07, 6.45) is 1.72. The summed E-state index contributed by atoms with van der Waals surface area (Å²) in [6, 6.07) is 10.1. The minimum Gasteiger partial charge on any atom is -0.468 e. The van der Waals surface area contributed by atoms with Gasteiger partial charge in [0.15, 0.2) is 0 Å². The topological polar surface area (TPSA) is 45.6 Å². The summed E-state index contributed by atoms with van der Waals surface area (Å²) in [5.41, 5.74) is 8.08. The molecule has 2 heterocycles. The summed E-state index contributed by atoms with van der Waals surface area (Å²) in [5, 5.41) is 0.793. The maximum atomic E-state index is 6.06. The van der Waals surface area contributed by atoms with Gasteiger partial charge in [0.1, 0.15) is 5.76 Å². The molecule has 1 aliphatic heterocycles.